The minimum atomic E-state index is -0.780. The highest BCUT2D eigenvalue weighted by Crippen LogP contribution is 2.31. The molecule has 0 radical (unpaired) electrons. The Hall–Kier alpha value is -1.79. The number of amides is 3. The summed E-state index contributed by atoms with van der Waals surface area (Å²) in [5, 5.41) is 8.76. The maximum atomic E-state index is 12.1. The summed E-state index contributed by atoms with van der Waals surface area (Å²) in [5.74, 6) is 2.43. The molecule has 0 aromatic heterocycles. The second-order valence-corrected chi connectivity index (χ2v) is 8.32. The van der Waals surface area contributed by atoms with Gasteiger partial charge >= 0.3 is 6.03 Å². The van der Waals surface area contributed by atoms with Gasteiger partial charge in [0, 0.05) is 26.7 Å². The highest BCUT2D eigenvalue weighted by molar-refractivity contribution is 6.07. The van der Waals surface area contributed by atoms with Crippen molar-refractivity contribution in [3.05, 3.63) is 0 Å². The summed E-state index contributed by atoms with van der Waals surface area (Å²) < 4.78 is 0. The number of piperidine rings is 1. The van der Waals surface area contributed by atoms with Gasteiger partial charge in [-0.2, -0.15) is 0 Å². The van der Waals surface area contributed by atoms with Crippen LogP contribution in [0.1, 0.15) is 52.4 Å². The fourth-order valence-corrected chi connectivity index (χ4v) is 4.76. The van der Waals surface area contributed by atoms with Gasteiger partial charge in [0.05, 0.1) is 0 Å². The third kappa shape index (κ3) is 3.81. The van der Waals surface area contributed by atoms with Crippen molar-refractivity contribution in [2.45, 2.75) is 57.9 Å². The van der Waals surface area contributed by atoms with Crippen LogP contribution in [0.4, 0.5) is 4.79 Å². The van der Waals surface area contributed by atoms with Crippen LogP contribution in [0.2, 0.25) is 0 Å². The molecule has 3 amide bonds. The Morgan fingerprint density at radius 2 is 1.92 bits per heavy atom. The lowest BCUT2D eigenvalue weighted by molar-refractivity contribution is -0.125. The average molecular weight is 364 g/mol. The number of carbonyl (C=O) groups excluding carboxylic acids is 2. The Labute approximate surface area is 156 Å². The van der Waals surface area contributed by atoms with E-state index in [4.69, 9.17) is 0 Å². The van der Waals surface area contributed by atoms with Crippen molar-refractivity contribution in [3.8, 4) is 0 Å². The first kappa shape index (κ1) is 19.0. The van der Waals surface area contributed by atoms with Crippen LogP contribution in [0.3, 0.4) is 0 Å². The zero-order valence-corrected chi connectivity index (χ0v) is 16.3. The van der Waals surface area contributed by atoms with Crippen LogP contribution in [0.15, 0.2) is 4.99 Å². The molecule has 3 aliphatic rings. The monoisotopic (exact) mass is 363 g/mol. The zero-order valence-electron chi connectivity index (χ0n) is 16.3. The Morgan fingerprint density at radius 1 is 1.23 bits per heavy atom. The summed E-state index contributed by atoms with van der Waals surface area (Å²) in [4.78, 5) is 30.4. The van der Waals surface area contributed by atoms with Gasteiger partial charge in [-0.25, -0.2) is 4.79 Å². The SMILES string of the molecule is CN=C(NCC1CCCCC1C)N1CCC(C2(C)NC(=O)NC2=O)CC1. The van der Waals surface area contributed by atoms with Crippen molar-refractivity contribution in [1.82, 2.24) is 20.9 Å². The van der Waals surface area contributed by atoms with Gasteiger partial charge in [0.1, 0.15) is 5.54 Å². The first-order valence-electron chi connectivity index (χ1n) is 10.0. The van der Waals surface area contributed by atoms with E-state index in [0.29, 0.717) is 0 Å². The van der Waals surface area contributed by atoms with Crippen molar-refractivity contribution in [1.29, 1.82) is 0 Å². The molecule has 7 heteroatoms. The van der Waals surface area contributed by atoms with E-state index < -0.39 is 5.54 Å². The molecule has 0 aromatic carbocycles. The van der Waals surface area contributed by atoms with Crippen LogP contribution < -0.4 is 16.0 Å². The summed E-state index contributed by atoms with van der Waals surface area (Å²) in [7, 11) is 1.84. The maximum absolute atomic E-state index is 12.1. The number of likely N-dealkylation sites (tertiary alicyclic amines) is 1. The predicted molar refractivity (Wildman–Crippen MR) is 102 cm³/mol. The molecular formula is C19H33N5O2. The van der Waals surface area contributed by atoms with Crippen LogP contribution >= 0.6 is 0 Å². The van der Waals surface area contributed by atoms with Gasteiger partial charge in [-0.3, -0.25) is 15.1 Å². The number of nitrogens with one attached hydrogen (secondary N) is 3. The Balaban J connectivity index is 1.51. The number of urea groups is 1. The van der Waals surface area contributed by atoms with E-state index in [1.165, 1.54) is 25.7 Å². The van der Waals surface area contributed by atoms with Crippen molar-refractivity contribution in [2.75, 3.05) is 26.7 Å². The fraction of sp³-hybridized carbons (Fsp3) is 0.842. The lowest BCUT2D eigenvalue weighted by Crippen LogP contribution is -2.55. The normalized spacial score (nSPS) is 33.8. The van der Waals surface area contributed by atoms with Gasteiger partial charge in [-0.15, -0.1) is 0 Å². The molecule has 1 saturated carbocycles. The summed E-state index contributed by atoms with van der Waals surface area (Å²) in [6.45, 7) is 6.89. The van der Waals surface area contributed by atoms with Crippen LogP contribution in [0, 0.1) is 17.8 Å². The number of aliphatic imine (C=N–C) groups is 1. The van der Waals surface area contributed by atoms with Gasteiger partial charge in [-0.05, 0) is 43.9 Å². The second-order valence-electron chi connectivity index (χ2n) is 8.32. The summed E-state index contributed by atoms with van der Waals surface area (Å²) in [6, 6.07) is -0.376. The third-order valence-electron chi connectivity index (χ3n) is 6.71. The van der Waals surface area contributed by atoms with Gasteiger partial charge < -0.3 is 15.5 Å². The molecule has 26 heavy (non-hydrogen) atoms. The largest absolute Gasteiger partial charge is 0.356 e. The number of hydrogen-bond acceptors (Lipinski definition) is 3. The first-order chi connectivity index (χ1) is 12.4. The topological polar surface area (TPSA) is 85.8 Å². The smallest absolute Gasteiger partial charge is 0.322 e. The van der Waals surface area contributed by atoms with Gasteiger partial charge in [0.2, 0.25) is 0 Å². The van der Waals surface area contributed by atoms with E-state index in [0.717, 1.165) is 50.3 Å². The molecule has 0 aromatic rings. The average Bonchev–Trinajstić information content (AvgIpc) is 2.90. The van der Waals surface area contributed by atoms with Gasteiger partial charge in [0.25, 0.3) is 5.91 Å². The maximum Gasteiger partial charge on any atom is 0.322 e. The molecular weight excluding hydrogens is 330 g/mol. The fourth-order valence-electron chi connectivity index (χ4n) is 4.76. The minimum absolute atomic E-state index is 0.154. The number of nitrogens with zero attached hydrogens (tertiary/aromatic N) is 2. The van der Waals surface area contributed by atoms with Crippen molar-refractivity contribution in [2.24, 2.45) is 22.7 Å². The number of hydrogen-bond donors (Lipinski definition) is 3. The molecule has 2 heterocycles. The van der Waals surface area contributed by atoms with E-state index in [1.807, 2.05) is 14.0 Å². The first-order valence-corrected chi connectivity index (χ1v) is 10.0. The van der Waals surface area contributed by atoms with Crippen LogP contribution in [-0.4, -0.2) is 55.0 Å². The number of rotatable bonds is 3. The Bertz CT molecular complexity index is 570. The van der Waals surface area contributed by atoms with E-state index in [9.17, 15) is 9.59 Å². The van der Waals surface area contributed by atoms with Crippen molar-refractivity contribution in [3.63, 3.8) is 0 Å². The molecule has 3 N–H and O–H groups in total. The highest BCUT2D eigenvalue weighted by atomic mass is 16.2. The Morgan fingerprint density at radius 3 is 2.50 bits per heavy atom. The van der Waals surface area contributed by atoms with Gasteiger partial charge in [-0.1, -0.05) is 26.2 Å². The molecule has 7 nitrogen and oxygen atoms in total. The molecule has 3 atom stereocenters. The molecule has 2 aliphatic heterocycles. The summed E-state index contributed by atoms with van der Waals surface area (Å²) >= 11 is 0. The minimum Gasteiger partial charge on any atom is -0.356 e. The van der Waals surface area contributed by atoms with Crippen molar-refractivity contribution >= 4 is 17.9 Å². The van der Waals surface area contributed by atoms with Crippen LogP contribution in [-0.2, 0) is 4.79 Å². The van der Waals surface area contributed by atoms with E-state index in [2.05, 4.69) is 32.8 Å². The van der Waals surface area contributed by atoms with Crippen LogP contribution in [0.5, 0.6) is 0 Å². The van der Waals surface area contributed by atoms with E-state index >= 15 is 0 Å². The lowest BCUT2D eigenvalue weighted by atomic mass is 9.79. The van der Waals surface area contributed by atoms with E-state index in [-0.39, 0.29) is 17.9 Å². The predicted octanol–water partition coefficient (Wildman–Crippen LogP) is 1.70. The molecule has 3 unspecified atom stereocenters. The molecule has 0 spiro atoms. The third-order valence-corrected chi connectivity index (χ3v) is 6.71. The molecule has 3 fully saturated rings. The number of imide groups is 1. The van der Waals surface area contributed by atoms with Crippen LogP contribution in [0.25, 0.3) is 0 Å². The highest BCUT2D eigenvalue weighted by Gasteiger charge is 2.48. The number of carbonyl (C=O) groups is 2. The molecule has 3 rings (SSSR count). The van der Waals surface area contributed by atoms with Crippen molar-refractivity contribution < 1.29 is 9.59 Å². The Kier molecular flexibility index (Phi) is 5.73. The standard InChI is InChI=1S/C19H33N5O2/c1-13-6-4-5-7-14(13)12-21-17(20-3)24-10-8-15(9-11-24)19(2)16(25)22-18(26)23-19/h13-15H,4-12H2,1-3H3,(H,20,21)(H2,22,23,25,26). The number of guanidine groups is 1. The molecule has 0 bridgehead atoms. The molecule has 1 aliphatic carbocycles. The molecule has 2 saturated heterocycles. The molecule has 146 valence electrons. The lowest BCUT2D eigenvalue weighted by Gasteiger charge is -2.40. The quantitative estimate of drug-likeness (QED) is 0.405. The van der Waals surface area contributed by atoms with Gasteiger partial charge in [0.15, 0.2) is 5.96 Å². The zero-order chi connectivity index (χ0) is 18.7. The summed E-state index contributed by atoms with van der Waals surface area (Å²) in [6.07, 6.45) is 7.08. The summed E-state index contributed by atoms with van der Waals surface area (Å²) in [5.41, 5.74) is -0.780. The van der Waals surface area contributed by atoms with E-state index in [1.54, 1.807) is 0 Å². The second kappa shape index (κ2) is 7.84.